The number of para-hydroxylation sites is 1. The van der Waals surface area contributed by atoms with Crippen LogP contribution in [0.4, 0.5) is 5.69 Å². The molecule has 174 valence electrons. The molecule has 1 N–H and O–H groups in total. The molecule has 1 unspecified atom stereocenters. The van der Waals surface area contributed by atoms with Crippen LogP contribution in [-0.4, -0.2) is 83.7 Å². The Hall–Kier alpha value is -2.97. The van der Waals surface area contributed by atoms with E-state index in [4.69, 9.17) is 4.74 Å². The summed E-state index contributed by atoms with van der Waals surface area (Å²) in [6.07, 6.45) is 6.82. The lowest BCUT2D eigenvalue weighted by molar-refractivity contribution is -0.144. The Morgan fingerprint density at radius 1 is 1.06 bits per heavy atom. The highest BCUT2D eigenvalue weighted by Gasteiger charge is 2.71. The van der Waals surface area contributed by atoms with Gasteiger partial charge in [0.25, 0.3) is 5.91 Å². The summed E-state index contributed by atoms with van der Waals surface area (Å²) in [5, 5.41) is 9.73. The molecule has 5 rings (SSSR count). The molecule has 8 nitrogen and oxygen atoms in total. The molecule has 0 aromatic heterocycles. The van der Waals surface area contributed by atoms with Crippen LogP contribution in [-0.2, 0) is 19.1 Å². The van der Waals surface area contributed by atoms with Crippen molar-refractivity contribution in [1.82, 2.24) is 9.80 Å². The van der Waals surface area contributed by atoms with E-state index >= 15 is 0 Å². The highest BCUT2D eigenvalue weighted by Crippen LogP contribution is 2.53. The maximum Gasteiger partial charge on any atom is 0.253 e. The molecule has 5 atom stereocenters. The topological polar surface area (TPSA) is 90.4 Å². The number of fused-ring (bicyclic) bond motifs is 2. The monoisotopic (exact) mass is 451 g/mol. The minimum absolute atomic E-state index is 0.00252. The largest absolute Gasteiger partial charge is 0.395 e. The molecule has 0 bridgehead atoms. The van der Waals surface area contributed by atoms with Gasteiger partial charge in [0.2, 0.25) is 11.8 Å². The zero-order valence-electron chi connectivity index (χ0n) is 19.1. The van der Waals surface area contributed by atoms with Crippen LogP contribution < -0.4 is 4.90 Å². The van der Waals surface area contributed by atoms with Gasteiger partial charge in [0.05, 0.1) is 24.5 Å². The molecule has 8 heteroatoms. The van der Waals surface area contributed by atoms with Crippen molar-refractivity contribution in [2.24, 2.45) is 11.8 Å². The first-order valence-electron chi connectivity index (χ1n) is 11.4. The van der Waals surface area contributed by atoms with E-state index in [1.165, 1.54) is 4.90 Å². The molecule has 4 heterocycles. The average molecular weight is 452 g/mol. The lowest BCUT2D eigenvalue weighted by atomic mass is 9.77. The summed E-state index contributed by atoms with van der Waals surface area (Å²) in [5.41, 5.74) is 1.47. The number of nitrogens with zero attached hydrogens (tertiary/aromatic N) is 3. The summed E-state index contributed by atoms with van der Waals surface area (Å²) in [7, 11) is 1.71. The van der Waals surface area contributed by atoms with Crippen molar-refractivity contribution in [3.63, 3.8) is 0 Å². The number of benzene rings is 1. The van der Waals surface area contributed by atoms with Crippen molar-refractivity contribution >= 4 is 23.4 Å². The van der Waals surface area contributed by atoms with Crippen LogP contribution in [0.2, 0.25) is 0 Å². The predicted molar refractivity (Wildman–Crippen MR) is 121 cm³/mol. The van der Waals surface area contributed by atoms with Crippen LogP contribution in [0.3, 0.4) is 0 Å². The van der Waals surface area contributed by atoms with Crippen molar-refractivity contribution in [3.05, 3.63) is 53.6 Å². The molecule has 2 fully saturated rings. The Morgan fingerprint density at radius 3 is 2.48 bits per heavy atom. The average Bonchev–Trinajstić information content (AvgIpc) is 3.09. The lowest BCUT2D eigenvalue weighted by Gasteiger charge is -2.35. The number of likely N-dealkylation sites (N-methyl/N-ethyl adjacent to an activating group) is 1. The van der Waals surface area contributed by atoms with E-state index in [1.807, 2.05) is 56.4 Å². The number of aliphatic hydroxyl groups excluding tert-OH is 1. The highest BCUT2D eigenvalue weighted by atomic mass is 16.5. The number of aryl methyl sites for hydroxylation is 2. The summed E-state index contributed by atoms with van der Waals surface area (Å²) in [4.78, 5) is 45.8. The number of aliphatic hydroxyl groups is 1. The molecule has 1 aromatic carbocycles. The maximum atomic E-state index is 14.1. The SMILES string of the molecule is Cc1cccc(C)c1N1CC=C[C@]23O[C@H]4C=CCN(C)C(=O)[C@H]4[C@H]2C(=O)N(CCO)C3C1=O. The van der Waals surface area contributed by atoms with Gasteiger partial charge in [-0.3, -0.25) is 14.4 Å². The van der Waals surface area contributed by atoms with Crippen LogP contribution in [0.5, 0.6) is 0 Å². The van der Waals surface area contributed by atoms with Crippen LogP contribution in [0.15, 0.2) is 42.5 Å². The third-order valence-corrected chi connectivity index (χ3v) is 7.41. The molecular formula is C25H29N3O5. The number of likely N-dealkylation sites (tertiary alicyclic amines) is 1. The molecule has 4 aliphatic heterocycles. The molecule has 2 saturated heterocycles. The van der Waals surface area contributed by atoms with Crippen LogP contribution in [0.25, 0.3) is 0 Å². The summed E-state index contributed by atoms with van der Waals surface area (Å²) in [6, 6.07) is 4.90. The number of hydrogen-bond donors (Lipinski definition) is 1. The fraction of sp³-hybridized carbons (Fsp3) is 0.480. The van der Waals surface area contributed by atoms with Gasteiger partial charge in [-0.1, -0.05) is 42.5 Å². The molecule has 4 aliphatic rings. The van der Waals surface area contributed by atoms with Gasteiger partial charge in [-0.15, -0.1) is 0 Å². The molecule has 1 aromatic rings. The van der Waals surface area contributed by atoms with E-state index in [1.54, 1.807) is 16.8 Å². The molecule has 0 radical (unpaired) electrons. The second kappa shape index (κ2) is 7.81. The van der Waals surface area contributed by atoms with Gasteiger partial charge < -0.3 is 24.5 Å². The Morgan fingerprint density at radius 2 is 1.79 bits per heavy atom. The zero-order valence-corrected chi connectivity index (χ0v) is 19.1. The zero-order chi connectivity index (χ0) is 23.5. The first kappa shape index (κ1) is 21.9. The first-order valence-corrected chi connectivity index (χ1v) is 11.4. The van der Waals surface area contributed by atoms with Gasteiger partial charge >= 0.3 is 0 Å². The van der Waals surface area contributed by atoms with E-state index in [9.17, 15) is 19.5 Å². The standard InChI is InChI=1S/C25H29N3O5/c1-15-7-4-8-16(2)20(15)27-12-6-10-25-19(23(31)28(13-14-29)21(25)24(27)32)18-17(33-25)9-5-11-26(3)22(18)30/h4-10,17-19,21,29H,11-14H2,1-3H3/t17-,18+,19-,21?,25-/m0/s1. The van der Waals surface area contributed by atoms with E-state index < -0.39 is 29.6 Å². The summed E-state index contributed by atoms with van der Waals surface area (Å²) >= 11 is 0. The molecule has 3 amide bonds. The van der Waals surface area contributed by atoms with Gasteiger partial charge in [-0.2, -0.15) is 0 Å². The Kier molecular flexibility index (Phi) is 5.17. The van der Waals surface area contributed by atoms with Crippen LogP contribution >= 0.6 is 0 Å². The molecule has 1 spiro atoms. The van der Waals surface area contributed by atoms with Crippen molar-refractivity contribution in [2.45, 2.75) is 31.6 Å². The van der Waals surface area contributed by atoms with E-state index in [2.05, 4.69) is 0 Å². The number of anilines is 1. The summed E-state index contributed by atoms with van der Waals surface area (Å²) in [6.45, 7) is 4.41. The van der Waals surface area contributed by atoms with E-state index in [0.29, 0.717) is 13.1 Å². The minimum Gasteiger partial charge on any atom is -0.395 e. The third-order valence-electron chi connectivity index (χ3n) is 7.41. The quantitative estimate of drug-likeness (QED) is 0.687. The highest BCUT2D eigenvalue weighted by molar-refractivity contribution is 6.06. The Balaban J connectivity index is 1.65. The predicted octanol–water partition coefficient (Wildman–Crippen LogP) is 0.808. The first-order chi connectivity index (χ1) is 15.8. The maximum absolute atomic E-state index is 14.1. The van der Waals surface area contributed by atoms with Crippen LogP contribution in [0, 0.1) is 25.7 Å². The molecular weight excluding hydrogens is 422 g/mol. The number of carbonyl (C=O) groups excluding carboxylic acids is 3. The number of amides is 3. The number of β-amino-alcohol motifs (C(OH)–C–C–N with tert-alkyl or cyclic N) is 1. The fourth-order valence-electron chi connectivity index (χ4n) is 6.04. The third kappa shape index (κ3) is 3.00. The van der Waals surface area contributed by atoms with Gasteiger partial charge in [0.1, 0.15) is 11.6 Å². The normalized spacial score (nSPS) is 33.2. The van der Waals surface area contributed by atoms with Crippen molar-refractivity contribution in [2.75, 3.05) is 38.2 Å². The van der Waals surface area contributed by atoms with Crippen molar-refractivity contribution in [1.29, 1.82) is 0 Å². The minimum atomic E-state index is -1.26. The van der Waals surface area contributed by atoms with Crippen molar-refractivity contribution in [3.8, 4) is 0 Å². The van der Waals surface area contributed by atoms with Gasteiger partial charge in [0, 0.05) is 32.4 Å². The van der Waals surface area contributed by atoms with E-state index in [-0.39, 0.29) is 30.9 Å². The molecule has 33 heavy (non-hydrogen) atoms. The Labute approximate surface area is 193 Å². The summed E-state index contributed by atoms with van der Waals surface area (Å²) < 4.78 is 6.51. The second-order valence-corrected chi connectivity index (χ2v) is 9.34. The van der Waals surface area contributed by atoms with Gasteiger partial charge in [-0.25, -0.2) is 0 Å². The van der Waals surface area contributed by atoms with E-state index in [0.717, 1.165) is 16.8 Å². The van der Waals surface area contributed by atoms with Gasteiger partial charge in [0.15, 0.2) is 0 Å². The summed E-state index contributed by atoms with van der Waals surface area (Å²) in [5.74, 6) is -2.28. The number of ether oxygens (including phenoxy) is 1. The Bertz CT molecular complexity index is 1060. The number of hydrogen-bond acceptors (Lipinski definition) is 5. The van der Waals surface area contributed by atoms with Gasteiger partial charge in [-0.05, 0) is 25.0 Å². The van der Waals surface area contributed by atoms with Crippen molar-refractivity contribution < 1.29 is 24.2 Å². The molecule has 0 saturated carbocycles. The number of carbonyl (C=O) groups is 3. The smallest absolute Gasteiger partial charge is 0.253 e. The number of rotatable bonds is 3. The molecule has 0 aliphatic carbocycles. The second-order valence-electron chi connectivity index (χ2n) is 9.34. The van der Waals surface area contributed by atoms with Crippen LogP contribution in [0.1, 0.15) is 11.1 Å². The lowest BCUT2D eigenvalue weighted by Crippen LogP contribution is -2.56. The fourth-order valence-corrected chi connectivity index (χ4v) is 6.04.